The van der Waals surface area contributed by atoms with E-state index in [1.165, 1.54) is 16.9 Å². The number of ether oxygens (including phenoxy) is 2. The summed E-state index contributed by atoms with van der Waals surface area (Å²) in [5, 5.41) is 0.633. The molecule has 4 rings (SSSR count). The smallest absolute Gasteiger partial charge is 0.267 e. The number of thiazole rings is 1. The molecule has 0 saturated carbocycles. The molecule has 0 aliphatic carbocycles. The van der Waals surface area contributed by atoms with Crippen LogP contribution in [-0.2, 0) is 11.3 Å². The highest BCUT2D eigenvalue weighted by atomic mass is 32.1. The summed E-state index contributed by atoms with van der Waals surface area (Å²) in [7, 11) is 1.59. The van der Waals surface area contributed by atoms with E-state index in [0.717, 1.165) is 21.5 Å². The Morgan fingerprint density at radius 3 is 2.68 bits per heavy atom. The zero-order chi connectivity index (χ0) is 21.8. The van der Waals surface area contributed by atoms with Gasteiger partial charge in [-0.25, -0.2) is 4.98 Å². The lowest BCUT2D eigenvalue weighted by molar-refractivity contribution is -0.120. The highest BCUT2D eigenvalue weighted by Crippen LogP contribution is 2.32. The third-order valence-electron chi connectivity index (χ3n) is 5.06. The van der Waals surface area contributed by atoms with Gasteiger partial charge in [0.2, 0.25) is 0 Å². The van der Waals surface area contributed by atoms with Crippen molar-refractivity contribution in [3.05, 3.63) is 77.6 Å². The van der Waals surface area contributed by atoms with Crippen molar-refractivity contribution in [1.29, 1.82) is 0 Å². The number of pyridine rings is 1. The number of amides is 1. The molecule has 7 heteroatoms. The zero-order valence-corrected chi connectivity index (χ0v) is 18.5. The third kappa shape index (κ3) is 4.67. The third-order valence-corrected chi connectivity index (χ3v) is 6.10. The Morgan fingerprint density at radius 2 is 1.90 bits per heavy atom. The normalized spacial score (nSPS) is 10.8. The fourth-order valence-corrected chi connectivity index (χ4v) is 4.20. The van der Waals surface area contributed by atoms with Gasteiger partial charge >= 0.3 is 0 Å². The number of carbonyl (C=O) groups is 1. The van der Waals surface area contributed by atoms with Crippen molar-refractivity contribution in [2.75, 3.05) is 18.6 Å². The van der Waals surface area contributed by atoms with Gasteiger partial charge in [0.15, 0.2) is 11.7 Å². The highest BCUT2D eigenvalue weighted by Gasteiger charge is 2.22. The summed E-state index contributed by atoms with van der Waals surface area (Å²) in [5.41, 5.74) is 4.00. The zero-order valence-electron chi connectivity index (χ0n) is 17.7. The summed E-state index contributed by atoms with van der Waals surface area (Å²) in [6.07, 6.45) is 1.72. The van der Waals surface area contributed by atoms with Crippen LogP contribution < -0.4 is 14.4 Å². The van der Waals surface area contributed by atoms with Crippen molar-refractivity contribution in [3.8, 4) is 11.5 Å². The first kappa shape index (κ1) is 20.8. The van der Waals surface area contributed by atoms with Gasteiger partial charge in [-0.05, 0) is 55.3 Å². The maximum atomic E-state index is 13.2. The van der Waals surface area contributed by atoms with Crippen LogP contribution in [0.15, 0.2) is 60.8 Å². The average Bonchev–Trinajstić information content (AvgIpc) is 3.24. The van der Waals surface area contributed by atoms with Crippen molar-refractivity contribution in [3.63, 3.8) is 0 Å². The predicted octanol–water partition coefficient (Wildman–Crippen LogP) is 4.93. The molecule has 0 unspecified atom stereocenters. The Morgan fingerprint density at radius 1 is 1.06 bits per heavy atom. The Bertz CT molecular complexity index is 1210. The Hall–Kier alpha value is -3.45. The standard InChI is InChI=1S/C24H23N3O3S/c1-16-10-11-21-23(17(16)2)26-24(31-21)27(14-18-7-4-5-12-25-18)22(28)15-30-20-9-6-8-19(13-20)29-3/h4-13H,14-15H2,1-3H3. The van der Waals surface area contributed by atoms with Crippen LogP contribution in [-0.4, -0.2) is 29.6 Å². The number of carbonyl (C=O) groups excluding carboxylic acids is 1. The topological polar surface area (TPSA) is 64.6 Å². The Kier molecular flexibility index (Phi) is 6.13. The van der Waals surface area contributed by atoms with Crippen molar-refractivity contribution < 1.29 is 14.3 Å². The van der Waals surface area contributed by atoms with Gasteiger partial charge in [0.1, 0.15) is 11.5 Å². The van der Waals surface area contributed by atoms with Crippen LogP contribution >= 0.6 is 11.3 Å². The Balaban J connectivity index is 1.62. The molecule has 2 heterocycles. The first-order chi connectivity index (χ1) is 15.0. The monoisotopic (exact) mass is 433 g/mol. The lowest BCUT2D eigenvalue weighted by Gasteiger charge is -2.19. The lowest BCUT2D eigenvalue weighted by atomic mass is 10.1. The molecular formula is C24H23N3O3S. The fourth-order valence-electron chi connectivity index (χ4n) is 3.16. The first-order valence-corrected chi connectivity index (χ1v) is 10.7. The SMILES string of the molecule is COc1cccc(OCC(=O)N(Cc2ccccn2)c2nc3c(C)c(C)ccc3s2)c1. The quantitative estimate of drug-likeness (QED) is 0.414. The minimum Gasteiger partial charge on any atom is -0.497 e. The van der Waals surface area contributed by atoms with Crippen LogP contribution in [0.4, 0.5) is 5.13 Å². The van der Waals surface area contributed by atoms with E-state index < -0.39 is 0 Å². The van der Waals surface area contributed by atoms with E-state index in [2.05, 4.69) is 31.0 Å². The summed E-state index contributed by atoms with van der Waals surface area (Å²) in [4.78, 5) is 24.0. The molecule has 2 aromatic carbocycles. The summed E-state index contributed by atoms with van der Waals surface area (Å²) in [6, 6.07) is 17.0. The van der Waals surface area contributed by atoms with Crippen LogP contribution in [0.5, 0.6) is 11.5 Å². The van der Waals surface area contributed by atoms with Gasteiger partial charge in [-0.1, -0.05) is 29.5 Å². The molecule has 0 radical (unpaired) electrons. The largest absolute Gasteiger partial charge is 0.497 e. The molecular weight excluding hydrogens is 410 g/mol. The van der Waals surface area contributed by atoms with E-state index in [-0.39, 0.29) is 12.5 Å². The molecule has 0 aliphatic heterocycles. The molecule has 1 amide bonds. The molecule has 2 aromatic heterocycles. The lowest BCUT2D eigenvalue weighted by Crippen LogP contribution is -2.34. The van der Waals surface area contributed by atoms with E-state index in [4.69, 9.17) is 14.5 Å². The maximum Gasteiger partial charge on any atom is 0.267 e. The van der Waals surface area contributed by atoms with E-state index in [1.807, 2.05) is 30.3 Å². The summed E-state index contributed by atoms with van der Waals surface area (Å²) in [5.74, 6) is 1.05. The van der Waals surface area contributed by atoms with Crippen LogP contribution in [0.2, 0.25) is 0 Å². The second-order valence-corrected chi connectivity index (χ2v) is 8.13. The second-order valence-electron chi connectivity index (χ2n) is 7.12. The van der Waals surface area contributed by atoms with Gasteiger partial charge < -0.3 is 9.47 Å². The number of rotatable bonds is 7. The number of fused-ring (bicyclic) bond motifs is 1. The van der Waals surface area contributed by atoms with Crippen molar-refractivity contribution in [1.82, 2.24) is 9.97 Å². The van der Waals surface area contributed by atoms with E-state index in [1.54, 1.807) is 30.3 Å². The minimum absolute atomic E-state index is 0.117. The minimum atomic E-state index is -0.193. The molecule has 0 bridgehead atoms. The number of methoxy groups -OCH3 is 1. The van der Waals surface area contributed by atoms with Gasteiger partial charge in [-0.15, -0.1) is 0 Å². The van der Waals surface area contributed by atoms with E-state index >= 15 is 0 Å². The molecule has 31 heavy (non-hydrogen) atoms. The van der Waals surface area contributed by atoms with Crippen molar-refractivity contribution >= 4 is 32.6 Å². The predicted molar refractivity (Wildman–Crippen MR) is 123 cm³/mol. The van der Waals surface area contributed by atoms with Gasteiger partial charge in [0.25, 0.3) is 5.91 Å². The molecule has 4 aromatic rings. The first-order valence-electron chi connectivity index (χ1n) is 9.89. The summed E-state index contributed by atoms with van der Waals surface area (Å²) in [6.45, 7) is 4.32. The molecule has 0 aliphatic rings. The number of aromatic nitrogens is 2. The molecule has 6 nitrogen and oxygen atoms in total. The second kappa shape index (κ2) is 9.14. The van der Waals surface area contributed by atoms with Gasteiger partial charge in [-0.2, -0.15) is 0 Å². The van der Waals surface area contributed by atoms with Gasteiger partial charge in [0.05, 0.1) is 29.6 Å². The average molecular weight is 434 g/mol. The van der Waals surface area contributed by atoms with E-state index in [9.17, 15) is 4.79 Å². The maximum absolute atomic E-state index is 13.2. The number of hydrogen-bond acceptors (Lipinski definition) is 6. The molecule has 0 spiro atoms. The number of nitrogens with zero attached hydrogens (tertiary/aromatic N) is 3. The van der Waals surface area contributed by atoms with Crippen molar-refractivity contribution in [2.45, 2.75) is 20.4 Å². The highest BCUT2D eigenvalue weighted by molar-refractivity contribution is 7.22. The Labute approximate surface area is 185 Å². The summed E-state index contributed by atoms with van der Waals surface area (Å²) >= 11 is 1.49. The number of aryl methyl sites for hydroxylation is 2. The number of benzene rings is 2. The summed E-state index contributed by atoms with van der Waals surface area (Å²) < 4.78 is 12.0. The molecule has 158 valence electrons. The molecule has 0 N–H and O–H groups in total. The molecule has 0 atom stereocenters. The fraction of sp³-hybridized carbons (Fsp3) is 0.208. The van der Waals surface area contributed by atoms with Crippen molar-refractivity contribution in [2.24, 2.45) is 0 Å². The number of anilines is 1. The molecule has 0 fully saturated rings. The van der Waals surface area contributed by atoms with Crippen LogP contribution in [0.25, 0.3) is 10.2 Å². The van der Waals surface area contributed by atoms with E-state index in [0.29, 0.717) is 23.2 Å². The van der Waals surface area contributed by atoms with Crippen LogP contribution in [0.1, 0.15) is 16.8 Å². The van der Waals surface area contributed by atoms with Crippen LogP contribution in [0, 0.1) is 13.8 Å². The molecule has 0 saturated heterocycles. The van der Waals surface area contributed by atoms with Gasteiger partial charge in [-0.3, -0.25) is 14.7 Å². The van der Waals surface area contributed by atoms with Gasteiger partial charge in [0, 0.05) is 12.3 Å². The number of hydrogen-bond donors (Lipinski definition) is 0. The van der Waals surface area contributed by atoms with Crippen LogP contribution in [0.3, 0.4) is 0 Å².